The minimum Gasteiger partial charge on any atom is -0.496 e. The molecule has 2 atom stereocenters. The number of benzene rings is 2. The molecule has 2 bridgehead atoms. The number of fused-ring (bicyclic) bond motifs is 2. The topological polar surface area (TPSA) is 55.8 Å². The fourth-order valence-electron chi connectivity index (χ4n) is 4.35. The molecule has 5 heteroatoms. The first-order chi connectivity index (χ1) is 14.2. The third kappa shape index (κ3) is 4.04. The largest absolute Gasteiger partial charge is 0.496 e. The van der Waals surface area contributed by atoms with E-state index in [4.69, 9.17) is 9.47 Å². The lowest BCUT2D eigenvalue weighted by molar-refractivity contribution is 0.0510. The van der Waals surface area contributed by atoms with Crippen molar-refractivity contribution < 1.29 is 19.1 Å². The molecule has 1 saturated heterocycles. The normalized spacial score (nSPS) is 20.6. The van der Waals surface area contributed by atoms with Gasteiger partial charge in [-0.25, -0.2) is 4.79 Å². The number of hydrogen-bond donors (Lipinski definition) is 0. The van der Waals surface area contributed by atoms with Crippen LogP contribution in [0.15, 0.2) is 54.6 Å². The molecule has 2 heterocycles. The molecule has 2 aliphatic heterocycles. The van der Waals surface area contributed by atoms with Crippen LogP contribution in [0.4, 0.5) is 4.79 Å². The molecule has 0 radical (unpaired) electrons. The third-order valence-corrected chi connectivity index (χ3v) is 5.78. The standard InChI is InChI=1S/C24H25NO4/c1-28-23-11-10-18(12-20(23)15-26)19-13-21-8-5-9-22(14-19)25(21)24(27)29-16-17-6-3-2-4-7-17/h2-4,6-7,10-13,15,21-22H,5,8-9,14,16H2,1H3. The highest BCUT2D eigenvalue weighted by molar-refractivity contribution is 5.83. The predicted octanol–water partition coefficient (Wildman–Crippen LogP) is 4.85. The molecule has 2 unspecified atom stereocenters. The molecule has 0 saturated carbocycles. The number of rotatable bonds is 5. The number of nitrogens with zero attached hydrogens (tertiary/aromatic N) is 1. The Kier molecular flexibility index (Phi) is 5.65. The molecular formula is C24H25NO4. The Morgan fingerprint density at radius 1 is 1.17 bits per heavy atom. The molecular weight excluding hydrogens is 366 g/mol. The summed E-state index contributed by atoms with van der Waals surface area (Å²) in [7, 11) is 1.56. The first kappa shape index (κ1) is 19.2. The average molecular weight is 391 g/mol. The van der Waals surface area contributed by atoms with Gasteiger partial charge in [0.05, 0.1) is 18.7 Å². The van der Waals surface area contributed by atoms with Crippen LogP contribution in [0.25, 0.3) is 5.57 Å². The van der Waals surface area contributed by atoms with Crippen LogP contribution in [0.3, 0.4) is 0 Å². The lowest BCUT2D eigenvalue weighted by atomic mass is 9.83. The fraction of sp³-hybridized carbons (Fsp3) is 0.333. The highest BCUT2D eigenvalue weighted by atomic mass is 16.6. The van der Waals surface area contributed by atoms with E-state index in [2.05, 4.69) is 6.08 Å². The van der Waals surface area contributed by atoms with Crippen molar-refractivity contribution in [3.63, 3.8) is 0 Å². The minimum absolute atomic E-state index is 0.0301. The van der Waals surface area contributed by atoms with E-state index in [9.17, 15) is 9.59 Å². The van der Waals surface area contributed by atoms with Gasteiger partial charge in [-0.1, -0.05) is 42.5 Å². The van der Waals surface area contributed by atoms with Crippen molar-refractivity contribution in [2.24, 2.45) is 0 Å². The van der Waals surface area contributed by atoms with Gasteiger partial charge in [0, 0.05) is 6.04 Å². The molecule has 0 aliphatic carbocycles. The molecule has 150 valence electrons. The molecule has 4 rings (SSSR count). The Balaban J connectivity index is 1.52. The molecule has 2 aromatic rings. The number of ether oxygens (including phenoxy) is 2. The summed E-state index contributed by atoms with van der Waals surface area (Å²) >= 11 is 0. The van der Waals surface area contributed by atoms with Crippen molar-refractivity contribution in [3.05, 3.63) is 71.3 Å². The maximum absolute atomic E-state index is 12.8. The zero-order chi connectivity index (χ0) is 20.2. The monoisotopic (exact) mass is 391 g/mol. The Hall–Kier alpha value is -3.08. The minimum atomic E-state index is -0.248. The molecule has 0 aromatic heterocycles. The third-order valence-electron chi connectivity index (χ3n) is 5.78. The summed E-state index contributed by atoms with van der Waals surface area (Å²) in [6.07, 6.45) is 6.49. The molecule has 0 spiro atoms. The number of amides is 1. The Labute approximate surface area is 170 Å². The molecule has 29 heavy (non-hydrogen) atoms. The number of methoxy groups -OCH3 is 1. The van der Waals surface area contributed by atoms with E-state index in [0.717, 1.165) is 43.1 Å². The van der Waals surface area contributed by atoms with E-state index < -0.39 is 0 Å². The van der Waals surface area contributed by atoms with Crippen molar-refractivity contribution in [2.45, 2.75) is 44.4 Å². The van der Waals surface area contributed by atoms with Crippen molar-refractivity contribution in [1.82, 2.24) is 4.90 Å². The zero-order valence-corrected chi connectivity index (χ0v) is 16.5. The second-order valence-corrected chi connectivity index (χ2v) is 7.57. The van der Waals surface area contributed by atoms with Gasteiger partial charge >= 0.3 is 6.09 Å². The summed E-state index contributed by atoms with van der Waals surface area (Å²) in [5.74, 6) is 0.575. The molecule has 5 nitrogen and oxygen atoms in total. The SMILES string of the molecule is COc1ccc(C2=CC3CCCC(C2)N3C(=O)OCc2ccccc2)cc1C=O. The van der Waals surface area contributed by atoms with Gasteiger partial charge in [-0.05, 0) is 54.5 Å². The Morgan fingerprint density at radius 3 is 2.72 bits per heavy atom. The number of carbonyl (C=O) groups excluding carboxylic acids is 2. The van der Waals surface area contributed by atoms with E-state index in [1.165, 1.54) is 5.57 Å². The lowest BCUT2D eigenvalue weighted by Crippen LogP contribution is -2.51. The maximum atomic E-state index is 12.8. The summed E-state index contributed by atoms with van der Waals surface area (Å²) < 4.78 is 10.9. The van der Waals surface area contributed by atoms with Crippen molar-refractivity contribution in [1.29, 1.82) is 0 Å². The van der Waals surface area contributed by atoms with Crippen LogP contribution in [-0.4, -0.2) is 36.5 Å². The van der Waals surface area contributed by atoms with Crippen LogP contribution in [0, 0.1) is 0 Å². The van der Waals surface area contributed by atoms with Gasteiger partial charge in [-0.15, -0.1) is 0 Å². The summed E-state index contributed by atoms with van der Waals surface area (Å²) in [6.45, 7) is 0.285. The second-order valence-electron chi connectivity index (χ2n) is 7.57. The van der Waals surface area contributed by atoms with Crippen molar-refractivity contribution in [2.75, 3.05) is 7.11 Å². The van der Waals surface area contributed by atoms with Crippen molar-refractivity contribution >= 4 is 18.0 Å². The predicted molar refractivity (Wildman–Crippen MR) is 111 cm³/mol. The quantitative estimate of drug-likeness (QED) is 0.684. The summed E-state index contributed by atoms with van der Waals surface area (Å²) in [6, 6.07) is 15.6. The van der Waals surface area contributed by atoms with Gasteiger partial charge in [0.25, 0.3) is 0 Å². The lowest BCUT2D eigenvalue weighted by Gasteiger charge is -2.44. The van der Waals surface area contributed by atoms with Crippen LogP contribution in [-0.2, 0) is 11.3 Å². The average Bonchev–Trinajstić information content (AvgIpc) is 2.76. The van der Waals surface area contributed by atoms with Crippen LogP contribution >= 0.6 is 0 Å². The Morgan fingerprint density at radius 2 is 2.00 bits per heavy atom. The summed E-state index contributed by atoms with van der Waals surface area (Å²) in [5, 5.41) is 0. The van der Waals surface area contributed by atoms with Gasteiger partial charge in [-0.3, -0.25) is 9.69 Å². The number of aldehydes is 1. The van der Waals surface area contributed by atoms with Crippen LogP contribution < -0.4 is 4.74 Å². The van der Waals surface area contributed by atoms with Gasteiger partial charge in [-0.2, -0.15) is 0 Å². The van der Waals surface area contributed by atoms with E-state index in [1.54, 1.807) is 7.11 Å². The summed E-state index contributed by atoms with van der Waals surface area (Å²) in [5.41, 5.74) is 3.72. The van der Waals surface area contributed by atoms with Crippen LogP contribution in [0.1, 0.15) is 47.2 Å². The van der Waals surface area contributed by atoms with Crippen molar-refractivity contribution in [3.8, 4) is 5.75 Å². The Bertz CT molecular complexity index is 922. The zero-order valence-electron chi connectivity index (χ0n) is 16.5. The van der Waals surface area contributed by atoms with E-state index >= 15 is 0 Å². The van der Waals surface area contributed by atoms with E-state index in [-0.39, 0.29) is 24.8 Å². The number of hydrogen-bond acceptors (Lipinski definition) is 4. The second kappa shape index (κ2) is 8.52. The van der Waals surface area contributed by atoms with Crippen LogP contribution in [0.5, 0.6) is 5.75 Å². The highest BCUT2D eigenvalue weighted by Gasteiger charge is 2.38. The van der Waals surface area contributed by atoms with Gasteiger partial charge in [0.1, 0.15) is 12.4 Å². The first-order valence-electron chi connectivity index (χ1n) is 10.0. The van der Waals surface area contributed by atoms with E-state index in [1.807, 2.05) is 53.4 Å². The number of carbonyl (C=O) groups is 2. The molecule has 2 aliphatic rings. The molecule has 2 aromatic carbocycles. The van der Waals surface area contributed by atoms with Crippen LogP contribution in [0.2, 0.25) is 0 Å². The van der Waals surface area contributed by atoms with E-state index in [0.29, 0.717) is 11.3 Å². The summed E-state index contributed by atoms with van der Waals surface area (Å²) in [4.78, 5) is 26.1. The molecule has 1 amide bonds. The smallest absolute Gasteiger partial charge is 0.410 e. The first-order valence-corrected chi connectivity index (χ1v) is 10.0. The molecule has 0 N–H and O–H groups in total. The van der Waals surface area contributed by atoms with Gasteiger partial charge in [0.2, 0.25) is 0 Å². The van der Waals surface area contributed by atoms with Gasteiger partial charge in [0.15, 0.2) is 6.29 Å². The molecule has 1 fully saturated rings. The maximum Gasteiger partial charge on any atom is 0.410 e. The van der Waals surface area contributed by atoms with Gasteiger partial charge < -0.3 is 9.47 Å². The highest BCUT2D eigenvalue weighted by Crippen LogP contribution is 2.38. The number of piperidine rings is 1. The fourth-order valence-corrected chi connectivity index (χ4v) is 4.35.